The third-order valence-corrected chi connectivity index (χ3v) is 4.64. The molecule has 1 aliphatic rings. The molecule has 6 heteroatoms. The van der Waals surface area contributed by atoms with Gasteiger partial charge in [0.2, 0.25) is 5.91 Å². The third kappa shape index (κ3) is 4.06. The standard InChI is InChI=1S/C16H19BrFNO3/c1-10(7-11-4-5-14(18)13(17)8-11)15(20)19-6-2-3-12(9-19)16(21)22/h4-5,8,10,12H,2-3,6-7,9H2,1H3,(H,21,22)/t10-,12+/m0/s1. The number of halogens is 2. The number of benzene rings is 1. The fraction of sp³-hybridized carbons (Fsp3) is 0.500. The maximum atomic E-state index is 13.2. The van der Waals surface area contributed by atoms with Crippen LogP contribution >= 0.6 is 15.9 Å². The van der Waals surface area contributed by atoms with Gasteiger partial charge in [0.25, 0.3) is 0 Å². The maximum absolute atomic E-state index is 13.2. The number of carbonyl (C=O) groups excluding carboxylic acids is 1. The second-order valence-corrected chi connectivity index (χ2v) is 6.67. The maximum Gasteiger partial charge on any atom is 0.308 e. The van der Waals surface area contributed by atoms with Gasteiger partial charge in [0.15, 0.2) is 0 Å². The van der Waals surface area contributed by atoms with E-state index in [-0.39, 0.29) is 24.2 Å². The van der Waals surface area contributed by atoms with Crippen LogP contribution in [0.25, 0.3) is 0 Å². The summed E-state index contributed by atoms with van der Waals surface area (Å²) in [4.78, 5) is 25.2. The van der Waals surface area contributed by atoms with Crippen molar-refractivity contribution in [3.05, 3.63) is 34.1 Å². The number of likely N-dealkylation sites (tertiary alicyclic amines) is 1. The highest BCUT2D eigenvalue weighted by molar-refractivity contribution is 9.10. The topological polar surface area (TPSA) is 57.6 Å². The van der Waals surface area contributed by atoms with Crippen LogP contribution in [0.2, 0.25) is 0 Å². The van der Waals surface area contributed by atoms with Crippen molar-refractivity contribution in [1.82, 2.24) is 4.90 Å². The Morgan fingerprint density at radius 2 is 2.23 bits per heavy atom. The molecule has 4 nitrogen and oxygen atoms in total. The fourth-order valence-electron chi connectivity index (χ4n) is 2.80. The molecule has 1 fully saturated rings. The van der Waals surface area contributed by atoms with Crippen LogP contribution in [-0.2, 0) is 16.0 Å². The molecule has 22 heavy (non-hydrogen) atoms. The van der Waals surface area contributed by atoms with E-state index in [1.807, 2.05) is 6.92 Å². The average molecular weight is 372 g/mol. The van der Waals surface area contributed by atoms with E-state index in [4.69, 9.17) is 5.11 Å². The van der Waals surface area contributed by atoms with Gasteiger partial charge in [-0.2, -0.15) is 0 Å². The third-order valence-electron chi connectivity index (χ3n) is 4.03. The van der Waals surface area contributed by atoms with E-state index in [0.29, 0.717) is 23.9 Å². The van der Waals surface area contributed by atoms with Crippen molar-refractivity contribution in [2.75, 3.05) is 13.1 Å². The number of rotatable bonds is 4. The van der Waals surface area contributed by atoms with Gasteiger partial charge in [0.05, 0.1) is 10.4 Å². The quantitative estimate of drug-likeness (QED) is 0.884. The smallest absolute Gasteiger partial charge is 0.308 e. The lowest BCUT2D eigenvalue weighted by atomic mass is 9.95. The lowest BCUT2D eigenvalue weighted by molar-refractivity contribution is -0.146. The summed E-state index contributed by atoms with van der Waals surface area (Å²) in [6, 6.07) is 4.72. The van der Waals surface area contributed by atoms with Crippen LogP contribution in [0.5, 0.6) is 0 Å². The minimum absolute atomic E-state index is 0.0357. The molecular formula is C16H19BrFNO3. The highest BCUT2D eigenvalue weighted by Crippen LogP contribution is 2.22. The van der Waals surface area contributed by atoms with Gasteiger partial charge in [-0.1, -0.05) is 13.0 Å². The summed E-state index contributed by atoms with van der Waals surface area (Å²) in [5.41, 5.74) is 0.876. The largest absolute Gasteiger partial charge is 0.481 e. The molecule has 1 N–H and O–H groups in total. The number of carboxylic acids is 1. The SMILES string of the molecule is C[C@@H](Cc1ccc(F)c(Br)c1)C(=O)N1CCC[C@@H](C(=O)O)C1. The number of carbonyl (C=O) groups is 2. The summed E-state index contributed by atoms with van der Waals surface area (Å²) in [6.07, 6.45) is 1.85. The molecule has 0 saturated carbocycles. The number of hydrogen-bond donors (Lipinski definition) is 1. The summed E-state index contributed by atoms with van der Waals surface area (Å²) >= 11 is 3.14. The Morgan fingerprint density at radius 3 is 2.86 bits per heavy atom. The molecule has 2 atom stereocenters. The molecule has 1 heterocycles. The van der Waals surface area contributed by atoms with Crippen LogP contribution in [0.1, 0.15) is 25.3 Å². The second kappa shape index (κ2) is 7.22. The molecule has 0 spiro atoms. The molecule has 1 amide bonds. The molecule has 2 rings (SSSR count). The molecule has 0 unspecified atom stereocenters. The van der Waals surface area contributed by atoms with Gasteiger partial charge in [0, 0.05) is 19.0 Å². The molecule has 1 saturated heterocycles. The summed E-state index contributed by atoms with van der Waals surface area (Å²) in [7, 11) is 0. The minimum atomic E-state index is -0.840. The lowest BCUT2D eigenvalue weighted by Crippen LogP contribution is -2.44. The Bertz CT molecular complexity index is 579. The lowest BCUT2D eigenvalue weighted by Gasteiger charge is -2.32. The Kier molecular flexibility index (Phi) is 5.56. The normalized spacial score (nSPS) is 19.8. The van der Waals surface area contributed by atoms with Gasteiger partial charge in [-0.15, -0.1) is 0 Å². The molecule has 1 aromatic rings. The summed E-state index contributed by atoms with van der Waals surface area (Å²) in [6.45, 7) is 2.72. The fourth-order valence-corrected chi connectivity index (χ4v) is 3.22. The van der Waals surface area contributed by atoms with Gasteiger partial charge in [0.1, 0.15) is 5.82 Å². The van der Waals surface area contributed by atoms with Crippen molar-refractivity contribution in [1.29, 1.82) is 0 Å². The van der Waals surface area contributed by atoms with Gasteiger partial charge < -0.3 is 10.0 Å². The van der Waals surface area contributed by atoms with Gasteiger partial charge in [-0.05, 0) is 52.9 Å². The van der Waals surface area contributed by atoms with E-state index in [9.17, 15) is 14.0 Å². The molecule has 0 aliphatic carbocycles. The van der Waals surface area contributed by atoms with Gasteiger partial charge >= 0.3 is 5.97 Å². The monoisotopic (exact) mass is 371 g/mol. The Labute approximate surface area is 137 Å². The van der Waals surface area contributed by atoms with E-state index in [1.54, 1.807) is 17.0 Å². The first-order chi connectivity index (χ1) is 10.4. The molecule has 0 bridgehead atoms. The molecular weight excluding hydrogens is 353 g/mol. The van der Waals surface area contributed by atoms with Gasteiger partial charge in [-0.25, -0.2) is 4.39 Å². The zero-order valence-electron chi connectivity index (χ0n) is 12.4. The van der Waals surface area contributed by atoms with Crippen molar-refractivity contribution in [3.63, 3.8) is 0 Å². The van der Waals surface area contributed by atoms with Crippen molar-refractivity contribution in [2.45, 2.75) is 26.2 Å². The van der Waals surface area contributed by atoms with E-state index in [0.717, 1.165) is 12.0 Å². The van der Waals surface area contributed by atoms with Crippen molar-refractivity contribution in [2.24, 2.45) is 11.8 Å². The van der Waals surface area contributed by atoms with Crippen molar-refractivity contribution < 1.29 is 19.1 Å². The Hall–Kier alpha value is -1.43. The first-order valence-electron chi connectivity index (χ1n) is 7.34. The number of hydrogen-bond acceptors (Lipinski definition) is 2. The van der Waals surface area contributed by atoms with Gasteiger partial charge in [-0.3, -0.25) is 9.59 Å². The number of piperidine rings is 1. The summed E-state index contributed by atoms with van der Waals surface area (Å²) < 4.78 is 13.6. The van der Waals surface area contributed by atoms with Crippen molar-refractivity contribution >= 4 is 27.8 Å². The zero-order chi connectivity index (χ0) is 16.3. The Morgan fingerprint density at radius 1 is 1.50 bits per heavy atom. The first kappa shape index (κ1) is 16.9. The molecule has 1 aliphatic heterocycles. The molecule has 0 aromatic heterocycles. The van der Waals surface area contributed by atoms with Crippen LogP contribution in [0, 0.1) is 17.7 Å². The van der Waals surface area contributed by atoms with E-state index in [2.05, 4.69) is 15.9 Å². The summed E-state index contributed by atoms with van der Waals surface area (Å²) in [5.74, 6) is -1.93. The first-order valence-corrected chi connectivity index (χ1v) is 8.13. The predicted molar refractivity (Wildman–Crippen MR) is 83.9 cm³/mol. The van der Waals surface area contributed by atoms with E-state index < -0.39 is 11.9 Å². The number of amides is 1. The highest BCUT2D eigenvalue weighted by atomic mass is 79.9. The van der Waals surface area contributed by atoms with Crippen LogP contribution in [0.15, 0.2) is 22.7 Å². The molecule has 1 aromatic carbocycles. The Balaban J connectivity index is 1.99. The van der Waals surface area contributed by atoms with E-state index >= 15 is 0 Å². The number of carboxylic acid groups (broad SMARTS) is 1. The van der Waals surface area contributed by atoms with Crippen LogP contribution < -0.4 is 0 Å². The predicted octanol–water partition coefficient (Wildman–Crippen LogP) is 3.09. The van der Waals surface area contributed by atoms with Crippen molar-refractivity contribution in [3.8, 4) is 0 Å². The summed E-state index contributed by atoms with van der Waals surface area (Å²) in [5, 5.41) is 9.09. The van der Waals surface area contributed by atoms with Crippen LogP contribution in [-0.4, -0.2) is 35.0 Å². The van der Waals surface area contributed by atoms with Crippen LogP contribution in [0.3, 0.4) is 0 Å². The zero-order valence-corrected chi connectivity index (χ0v) is 14.0. The minimum Gasteiger partial charge on any atom is -0.481 e. The molecule has 0 radical (unpaired) electrons. The van der Waals surface area contributed by atoms with Crippen LogP contribution in [0.4, 0.5) is 4.39 Å². The van der Waals surface area contributed by atoms with E-state index in [1.165, 1.54) is 6.07 Å². The highest BCUT2D eigenvalue weighted by Gasteiger charge is 2.30. The number of nitrogens with zero attached hydrogens (tertiary/aromatic N) is 1. The average Bonchev–Trinajstić information content (AvgIpc) is 2.50. The number of aliphatic carboxylic acids is 1. The second-order valence-electron chi connectivity index (χ2n) is 5.82. The molecule has 120 valence electrons.